The minimum Gasteiger partial charge on any atom is -0.324 e. The highest BCUT2D eigenvalue weighted by molar-refractivity contribution is 7.92. The summed E-state index contributed by atoms with van der Waals surface area (Å²) >= 11 is 17.2. The van der Waals surface area contributed by atoms with E-state index in [1.807, 2.05) is 0 Å². The Morgan fingerprint density at radius 3 is 2.14 bits per heavy atom. The lowest BCUT2D eigenvalue weighted by Gasteiger charge is -2.23. The monoisotopic (exact) mass is 474 g/mol. The van der Waals surface area contributed by atoms with Gasteiger partial charge in [-0.2, -0.15) is 13.2 Å². The smallest absolute Gasteiger partial charge is 0.324 e. The molecule has 0 spiro atoms. The Balaban J connectivity index is 2.34. The molecule has 12 heteroatoms. The van der Waals surface area contributed by atoms with Crippen molar-refractivity contribution < 1.29 is 26.4 Å². The number of anilines is 2. The SMILES string of the molecule is CS(=O)(=O)N(CC(=O)Nc1cc(Cl)cc(Cl)c1)c1ccc(Cl)c(C(F)(F)F)c1. The lowest BCUT2D eigenvalue weighted by Crippen LogP contribution is -2.37. The van der Waals surface area contributed by atoms with Crippen LogP contribution in [0.2, 0.25) is 15.1 Å². The third-order valence-electron chi connectivity index (χ3n) is 3.38. The molecule has 0 atom stereocenters. The van der Waals surface area contributed by atoms with Crippen molar-refractivity contribution in [1.82, 2.24) is 0 Å². The first-order chi connectivity index (χ1) is 12.8. The standard InChI is InChI=1S/C16H12Cl3F3N2O3S/c1-28(26,27)24(12-2-3-14(19)13(7-12)16(20,21)22)8-15(25)23-11-5-9(17)4-10(18)6-11/h2-7H,8H2,1H3,(H,23,25). The summed E-state index contributed by atoms with van der Waals surface area (Å²) < 4.78 is 63.8. The first kappa shape index (κ1) is 22.6. The number of carbonyl (C=O) groups is 1. The van der Waals surface area contributed by atoms with E-state index in [2.05, 4.69) is 5.32 Å². The highest BCUT2D eigenvalue weighted by Crippen LogP contribution is 2.37. The zero-order valence-electron chi connectivity index (χ0n) is 14.0. The molecule has 1 N–H and O–H groups in total. The minimum absolute atomic E-state index is 0.197. The van der Waals surface area contributed by atoms with Crippen LogP contribution in [-0.2, 0) is 21.0 Å². The molecule has 0 unspecified atom stereocenters. The molecule has 0 fully saturated rings. The Bertz CT molecular complexity index is 994. The summed E-state index contributed by atoms with van der Waals surface area (Å²) in [6.07, 6.45) is -4.03. The molecule has 0 bridgehead atoms. The van der Waals surface area contributed by atoms with Crippen LogP contribution in [0.5, 0.6) is 0 Å². The number of halogens is 6. The number of benzene rings is 2. The third-order valence-corrected chi connectivity index (χ3v) is 5.28. The second-order valence-corrected chi connectivity index (χ2v) is 8.82. The van der Waals surface area contributed by atoms with Crippen LogP contribution >= 0.6 is 34.8 Å². The number of nitrogens with one attached hydrogen (secondary N) is 1. The number of rotatable bonds is 5. The number of amides is 1. The maximum Gasteiger partial charge on any atom is 0.417 e. The summed E-state index contributed by atoms with van der Waals surface area (Å²) in [4.78, 5) is 12.3. The van der Waals surface area contributed by atoms with Gasteiger partial charge in [-0.15, -0.1) is 0 Å². The summed E-state index contributed by atoms with van der Waals surface area (Å²) in [6.45, 7) is -0.776. The van der Waals surface area contributed by atoms with Crippen LogP contribution in [0, 0.1) is 0 Å². The Kier molecular flexibility index (Phi) is 6.75. The van der Waals surface area contributed by atoms with E-state index in [9.17, 15) is 26.4 Å². The van der Waals surface area contributed by atoms with Gasteiger partial charge in [-0.05, 0) is 36.4 Å². The van der Waals surface area contributed by atoms with E-state index in [0.717, 1.165) is 18.4 Å². The van der Waals surface area contributed by atoms with Crippen LogP contribution in [0.15, 0.2) is 36.4 Å². The lowest BCUT2D eigenvalue weighted by atomic mass is 10.2. The Morgan fingerprint density at radius 2 is 1.64 bits per heavy atom. The fraction of sp³-hybridized carbons (Fsp3) is 0.188. The molecule has 0 aliphatic carbocycles. The zero-order chi connectivity index (χ0) is 21.3. The normalized spacial score (nSPS) is 12.0. The Morgan fingerprint density at radius 1 is 1.07 bits per heavy atom. The maximum absolute atomic E-state index is 13.1. The largest absolute Gasteiger partial charge is 0.417 e. The van der Waals surface area contributed by atoms with Gasteiger partial charge < -0.3 is 5.32 Å². The molecule has 2 aromatic rings. The molecule has 0 aromatic heterocycles. The van der Waals surface area contributed by atoms with E-state index in [4.69, 9.17) is 34.8 Å². The van der Waals surface area contributed by atoms with Crippen molar-refractivity contribution in [2.45, 2.75) is 6.18 Å². The van der Waals surface area contributed by atoms with Crippen molar-refractivity contribution in [3.8, 4) is 0 Å². The van der Waals surface area contributed by atoms with Crippen LogP contribution in [0.3, 0.4) is 0 Å². The molecule has 2 aromatic carbocycles. The van der Waals surface area contributed by atoms with Gasteiger partial charge in [0.15, 0.2) is 0 Å². The number of hydrogen-bond acceptors (Lipinski definition) is 3. The molecule has 152 valence electrons. The van der Waals surface area contributed by atoms with Gasteiger partial charge in [0.05, 0.1) is 22.5 Å². The van der Waals surface area contributed by atoms with Gasteiger partial charge in [0.2, 0.25) is 15.9 Å². The van der Waals surface area contributed by atoms with E-state index in [1.54, 1.807) is 0 Å². The van der Waals surface area contributed by atoms with Crippen molar-refractivity contribution in [3.05, 3.63) is 57.0 Å². The first-order valence-electron chi connectivity index (χ1n) is 7.38. The fourth-order valence-electron chi connectivity index (χ4n) is 2.24. The molecule has 5 nitrogen and oxygen atoms in total. The van der Waals surface area contributed by atoms with Gasteiger partial charge in [0.25, 0.3) is 0 Å². The van der Waals surface area contributed by atoms with Crippen molar-refractivity contribution in [1.29, 1.82) is 0 Å². The van der Waals surface area contributed by atoms with Crippen molar-refractivity contribution >= 4 is 62.1 Å². The molecule has 1 amide bonds. The number of hydrogen-bond donors (Lipinski definition) is 1. The highest BCUT2D eigenvalue weighted by atomic mass is 35.5. The quantitative estimate of drug-likeness (QED) is 0.656. The second kappa shape index (κ2) is 8.36. The van der Waals surface area contributed by atoms with Gasteiger partial charge in [0, 0.05) is 15.7 Å². The van der Waals surface area contributed by atoms with E-state index < -0.39 is 39.2 Å². The van der Waals surface area contributed by atoms with Crippen LogP contribution in [0.1, 0.15) is 5.56 Å². The van der Waals surface area contributed by atoms with E-state index in [1.165, 1.54) is 18.2 Å². The van der Waals surface area contributed by atoms with Crippen molar-refractivity contribution in [3.63, 3.8) is 0 Å². The first-order valence-corrected chi connectivity index (χ1v) is 10.4. The van der Waals surface area contributed by atoms with Crippen LogP contribution in [0.25, 0.3) is 0 Å². The molecule has 0 saturated heterocycles. The molecule has 0 saturated carbocycles. The second-order valence-electron chi connectivity index (χ2n) is 5.64. The molecule has 0 radical (unpaired) electrons. The average molecular weight is 476 g/mol. The number of nitrogens with zero attached hydrogens (tertiary/aromatic N) is 1. The van der Waals surface area contributed by atoms with Crippen molar-refractivity contribution in [2.24, 2.45) is 0 Å². The molecule has 2 rings (SSSR count). The van der Waals surface area contributed by atoms with Gasteiger partial charge >= 0.3 is 6.18 Å². The van der Waals surface area contributed by atoms with Gasteiger partial charge in [-0.1, -0.05) is 34.8 Å². The van der Waals surface area contributed by atoms with Crippen LogP contribution in [0.4, 0.5) is 24.5 Å². The van der Waals surface area contributed by atoms with Crippen LogP contribution in [-0.4, -0.2) is 27.1 Å². The fourth-order valence-corrected chi connectivity index (χ4v) is 3.84. The van der Waals surface area contributed by atoms with Gasteiger partial charge in [-0.25, -0.2) is 8.42 Å². The number of alkyl halides is 3. The average Bonchev–Trinajstić information content (AvgIpc) is 2.50. The van der Waals surface area contributed by atoms with Crippen molar-refractivity contribution in [2.75, 3.05) is 22.4 Å². The van der Waals surface area contributed by atoms with E-state index >= 15 is 0 Å². The Hall–Kier alpha value is -1.68. The molecule has 0 heterocycles. The molecule has 28 heavy (non-hydrogen) atoms. The summed E-state index contributed by atoms with van der Waals surface area (Å²) in [6, 6.07) is 6.72. The number of sulfonamides is 1. The predicted octanol–water partition coefficient (Wildman–Crippen LogP) is 5.07. The summed E-state index contributed by atoms with van der Waals surface area (Å²) in [5.41, 5.74) is -1.39. The highest BCUT2D eigenvalue weighted by Gasteiger charge is 2.34. The number of carbonyl (C=O) groups excluding carboxylic acids is 1. The van der Waals surface area contributed by atoms with Crippen LogP contribution < -0.4 is 9.62 Å². The lowest BCUT2D eigenvalue weighted by molar-refractivity contribution is -0.137. The molecule has 0 aliphatic rings. The van der Waals surface area contributed by atoms with Gasteiger partial charge in [0.1, 0.15) is 6.54 Å². The van der Waals surface area contributed by atoms with E-state index in [-0.39, 0.29) is 21.4 Å². The van der Waals surface area contributed by atoms with Gasteiger partial charge in [-0.3, -0.25) is 9.10 Å². The minimum atomic E-state index is -4.80. The topological polar surface area (TPSA) is 66.5 Å². The predicted molar refractivity (Wildman–Crippen MR) is 104 cm³/mol. The molecular formula is C16H12Cl3F3N2O3S. The summed E-state index contributed by atoms with van der Waals surface area (Å²) in [5.74, 6) is -0.813. The molecular weight excluding hydrogens is 464 g/mol. The summed E-state index contributed by atoms with van der Waals surface area (Å²) in [5, 5.41) is 2.26. The van der Waals surface area contributed by atoms with E-state index in [0.29, 0.717) is 10.4 Å². The summed E-state index contributed by atoms with van der Waals surface area (Å²) in [7, 11) is -4.09. The maximum atomic E-state index is 13.1. The third kappa shape index (κ3) is 5.91. The zero-order valence-corrected chi connectivity index (χ0v) is 17.1. The Labute approximate surface area is 174 Å². The molecule has 0 aliphatic heterocycles.